The van der Waals surface area contributed by atoms with E-state index in [0.29, 0.717) is 6.42 Å². The molecule has 1 heteroatoms. The monoisotopic (exact) mass is 268 g/mol. The lowest BCUT2D eigenvalue weighted by molar-refractivity contribution is 0.177. The van der Waals surface area contributed by atoms with E-state index in [4.69, 9.17) is 0 Å². The Balaban J connectivity index is 2.30. The number of aliphatic hydroxyl groups is 1. The zero-order valence-electron chi connectivity index (χ0n) is 13.1. The van der Waals surface area contributed by atoms with Gasteiger partial charge in [0.25, 0.3) is 0 Å². The molecule has 2 rings (SSSR count). The van der Waals surface area contributed by atoms with Crippen LogP contribution >= 0.6 is 0 Å². The minimum absolute atomic E-state index is 0.435. The second kappa shape index (κ2) is 5.80. The van der Waals surface area contributed by atoms with Gasteiger partial charge in [-0.1, -0.05) is 41.5 Å². The van der Waals surface area contributed by atoms with Gasteiger partial charge in [-0.25, -0.2) is 0 Å². The van der Waals surface area contributed by atoms with Crippen molar-refractivity contribution in [1.82, 2.24) is 0 Å². The van der Waals surface area contributed by atoms with Gasteiger partial charge in [0.15, 0.2) is 0 Å². The molecule has 0 saturated heterocycles. The van der Waals surface area contributed by atoms with Gasteiger partial charge in [0.2, 0.25) is 0 Å². The van der Waals surface area contributed by atoms with Gasteiger partial charge in [0.1, 0.15) is 0 Å². The molecule has 1 unspecified atom stereocenters. The van der Waals surface area contributed by atoms with Crippen molar-refractivity contribution in [3.63, 3.8) is 0 Å². The van der Waals surface area contributed by atoms with E-state index in [0.717, 1.165) is 5.56 Å². The molecule has 1 nitrogen and oxygen atoms in total. The molecule has 0 aromatic heterocycles. The smallest absolute Gasteiger partial charge is 0.0833 e. The molecule has 0 heterocycles. The lowest BCUT2D eigenvalue weighted by Crippen LogP contribution is -2.07. The Kier molecular flexibility index (Phi) is 4.29. The van der Waals surface area contributed by atoms with Gasteiger partial charge in [0, 0.05) is 6.42 Å². The molecule has 20 heavy (non-hydrogen) atoms. The molecule has 106 valence electrons. The Morgan fingerprint density at radius 2 is 1.35 bits per heavy atom. The number of hydrogen-bond donors (Lipinski definition) is 1. The van der Waals surface area contributed by atoms with Crippen molar-refractivity contribution in [2.24, 2.45) is 0 Å². The SMILES string of the molecule is Cc1ccc(C(O)Cc2c(C)cc(C)cc2C)c(C)c1. The summed E-state index contributed by atoms with van der Waals surface area (Å²) in [4.78, 5) is 0. The Morgan fingerprint density at radius 1 is 0.800 bits per heavy atom. The van der Waals surface area contributed by atoms with Crippen molar-refractivity contribution in [2.45, 2.75) is 47.1 Å². The average Bonchev–Trinajstić information content (AvgIpc) is 2.33. The molecule has 0 spiro atoms. The van der Waals surface area contributed by atoms with Crippen LogP contribution in [0, 0.1) is 34.6 Å². The Bertz CT molecular complexity index is 603. The third kappa shape index (κ3) is 3.10. The van der Waals surface area contributed by atoms with Gasteiger partial charge in [-0.15, -0.1) is 0 Å². The molecular weight excluding hydrogens is 244 g/mol. The summed E-state index contributed by atoms with van der Waals surface area (Å²) < 4.78 is 0. The molecule has 1 atom stereocenters. The Labute approximate surface area is 122 Å². The summed E-state index contributed by atoms with van der Waals surface area (Å²) in [7, 11) is 0. The Hall–Kier alpha value is -1.60. The summed E-state index contributed by atoms with van der Waals surface area (Å²) in [6.07, 6.45) is 0.248. The minimum atomic E-state index is -0.435. The van der Waals surface area contributed by atoms with Crippen LogP contribution in [0.3, 0.4) is 0 Å². The summed E-state index contributed by atoms with van der Waals surface area (Å²) in [6, 6.07) is 10.6. The first-order chi connectivity index (χ1) is 9.38. The van der Waals surface area contributed by atoms with E-state index in [1.807, 2.05) is 6.07 Å². The molecule has 0 aliphatic carbocycles. The maximum Gasteiger partial charge on any atom is 0.0833 e. The van der Waals surface area contributed by atoms with Crippen LogP contribution in [-0.2, 0) is 6.42 Å². The fourth-order valence-electron chi connectivity index (χ4n) is 3.03. The first kappa shape index (κ1) is 14.8. The zero-order valence-corrected chi connectivity index (χ0v) is 13.1. The van der Waals surface area contributed by atoms with E-state index in [1.165, 1.54) is 33.4 Å². The van der Waals surface area contributed by atoms with Crippen molar-refractivity contribution >= 4 is 0 Å². The van der Waals surface area contributed by atoms with Gasteiger partial charge >= 0.3 is 0 Å². The molecule has 2 aromatic rings. The number of aryl methyl sites for hydroxylation is 5. The normalized spacial score (nSPS) is 12.5. The fourth-order valence-corrected chi connectivity index (χ4v) is 3.03. The lowest BCUT2D eigenvalue weighted by atomic mass is 9.91. The summed E-state index contributed by atoms with van der Waals surface area (Å²) in [5, 5.41) is 10.6. The quantitative estimate of drug-likeness (QED) is 0.868. The number of hydrogen-bond acceptors (Lipinski definition) is 1. The van der Waals surface area contributed by atoms with Crippen molar-refractivity contribution < 1.29 is 5.11 Å². The number of benzene rings is 2. The molecule has 0 fully saturated rings. The topological polar surface area (TPSA) is 20.2 Å². The highest BCUT2D eigenvalue weighted by atomic mass is 16.3. The second-order valence-electron chi connectivity index (χ2n) is 5.96. The van der Waals surface area contributed by atoms with Crippen LogP contribution < -0.4 is 0 Å². The van der Waals surface area contributed by atoms with Crippen LogP contribution in [0.1, 0.15) is 45.0 Å². The van der Waals surface area contributed by atoms with Gasteiger partial charge in [-0.2, -0.15) is 0 Å². The number of aliphatic hydroxyl groups excluding tert-OH is 1. The molecule has 1 N–H and O–H groups in total. The highest BCUT2D eigenvalue weighted by Gasteiger charge is 2.14. The van der Waals surface area contributed by atoms with E-state index in [-0.39, 0.29) is 0 Å². The zero-order chi connectivity index (χ0) is 14.9. The molecule has 2 aromatic carbocycles. The van der Waals surface area contributed by atoms with Gasteiger partial charge in [-0.3, -0.25) is 0 Å². The molecule has 0 radical (unpaired) electrons. The predicted octanol–water partition coefficient (Wildman–Crippen LogP) is 4.50. The maximum atomic E-state index is 10.6. The van der Waals surface area contributed by atoms with Crippen LogP contribution in [0.25, 0.3) is 0 Å². The van der Waals surface area contributed by atoms with E-state index >= 15 is 0 Å². The molecule has 0 aliphatic heterocycles. The predicted molar refractivity (Wildman–Crippen MR) is 85.2 cm³/mol. The fraction of sp³-hybridized carbons (Fsp3) is 0.368. The van der Waals surface area contributed by atoms with Crippen LogP contribution in [0.4, 0.5) is 0 Å². The first-order valence-electron chi connectivity index (χ1n) is 7.20. The minimum Gasteiger partial charge on any atom is -0.388 e. The van der Waals surface area contributed by atoms with Crippen molar-refractivity contribution in [1.29, 1.82) is 0 Å². The lowest BCUT2D eigenvalue weighted by Gasteiger charge is -2.18. The van der Waals surface area contributed by atoms with E-state index in [1.54, 1.807) is 0 Å². The summed E-state index contributed by atoms with van der Waals surface area (Å²) in [5.74, 6) is 0. The van der Waals surface area contributed by atoms with E-state index in [2.05, 4.69) is 58.9 Å². The second-order valence-corrected chi connectivity index (χ2v) is 5.96. The van der Waals surface area contributed by atoms with Crippen LogP contribution in [0.2, 0.25) is 0 Å². The summed E-state index contributed by atoms with van der Waals surface area (Å²) in [6.45, 7) is 10.5. The van der Waals surface area contributed by atoms with Gasteiger partial charge in [-0.05, 0) is 62.4 Å². The average molecular weight is 268 g/mol. The van der Waals surface area contributed by atoms with Crippen molar-refractivity contribution in [3.05, 3.63) is 69.3 Å². The Morgan fingerprint density at radius 3 is 1.90 bits per heavy atom. The summed E-state index contributed by atoms with van der Waals surface area (Å²) in [5.41, 5.74) is 8.53. The van der Waals surface area contributed by atoms with Crippen LogP contribution in [0.15, 0.2) is 30.3 Å². The standard InChI is InChI=1S/C19H24O/c1-12-6-7-17(14(3)8-12)19(20)11-18-15(4)9-13(2)10-16(18)5/h6-10,19-20H,11H2,1-5H3. The maximum absolute atomic E-state index is 10.6. The number of rotatable bonds is 3. The third-order valence-electron chi connectivity index (χ3n) is 4.02. The summed E-state index contributed by atoms with van der Waals surface area (Å²) >= 11 is 0. The van der Waals surface area contributed by atoms with E-state index in [9.17, 15) is 5.11 Å². The van der Waals surface area contributed by atoms with Crippen molar-refractivity contribution in [2.75, 3.05) is 0 Å². The molecule has 0 amide bonds. The first-order valence-corrected chi connectivity index (χ1v) is 7.20. The molecule has 0 saturated carbocycles. The largest absolute Gasteiger partial charge is 0.388 e. The molecule has 0 bridgehead atoms. The van der Waals surface area contributed by atoms with Gasteiger partial charge < -0.3 is 5.11 Å². The van der Waals surface area contributed by atoms with Crippen molar-refractivity contribution in [3.8, 4) is 0 Å². The molecular formula is C19H24O. The van der Waals surface area contributed by atoms with Gasteiger partial charge in [0.05, 0.1) is 6.10 Å². The third-order valence-corrected chi connectivity index (χ3v) is 4.02. The highest BCUT2D eigenvalue weighted by Crippen LogP contribution is 2.26. The molecule has 0 aliphatic rings. The van der Waals surface area contributed by atoms with Crippen LogP contribution in [0.5, 0.6) is 0 Å². The highest BCUT2D eigenvalue weighted by molar-refractivity contribution is 5.40. The van der Waals surface area contributed by atoms with E-state index < -0.39 is 6.10 Å². The van der Waals surface area contributed by atoms with Crippen LogP contribution in [-0.4, -0.2) is 5.11 Å².